The van der Waals surface area contributed by atoms with Gasteiger partial charge in [-0.25, -0.2) is 4.68 Å². The highest BCUT2D eigenvalue weighted by Crippen LogP contribution is 2.30. The number of nitrogens with zero attached hydrogens (tertiary/aromatic N) is 4. The van der Waals surface area contributed by atoms with E-state index in [1.54, 1.807) is 20.9 Å². The fourth-order valence-corrected chi connectivity index (χ4v) is 1.85. The lowest BCUT2D eigenvalue weighted by Crippen LogP contribution is -2.29. The Kier molecular flexibility index (Phi) is 4.85. The summed E-state index contributed by atoms with van der Waals surface area (Å²) in [5.41, 5.74) is 0.256. The molecule has 1 aromatic rings. The van der Waals surface area contributed by atoms with Crippen LogP contribution in [-0.2, 0) is 16.1 Å². The van der Waals surface area contributed by atoms with Gasteiger partial charge in [0.1, 0.15) is 12.2 Å². The third-order valence-corrected chi connectivity index (χ3v) is 2.58. The average molecular weight is 270 g/mol. The first-order valence-electron chi connectivity index (χ1n) is 6.00. The molecule has 1 rings (SSSR count). The van der Waals surface area contributed by atoms with Crippen molar-refractivity contribution in [3.63, 3.8) is 0 Å². The van der Waals surface area contributed by atoms with Crippen molar-refractivity contribution in [2.24, 2.45) is 0 Å². The van der Waals surface area contributed by atoms with E-state index in [4.69, 9.17) is 4.74 Å². The smallest absolute Gasteiger partial charge is 0.333 e. The SMILES string of the molecule is CCOC(=O)CN(C)c1c([N+](=O)[O-])c(C)nn1CC. The molecule has 0 saturated carbocycles. The molecule has 0 saturated heterocycles. The van der Waals surface area contributed by atoms with Crippen molar-refractivity contribution < 1.29 is 14.5 Å². The number of hydrogen-bond acceptors (Lipinski definition) is 6. The zero-order valence-corrected chi connectivity index (χ0v) is 11.5. The van der Waals surface area contributed by atoms with Crippen LogP contribution < -0.4 is 4.90 Å². The second-order valence-corrected chi connectivity index (χ2v) is 3.99. The number of hydrogen-bond donors (Lipinski definition) is 0. The van der Waals surface area contributed by atoms with Crippen LogP contribution in [0.1, 0.15) is 19.5 Å². The molecule has 0 bridgehead atoms. The number of esters is 1. The van der Waals surface area contributed by atoms with Gasteiger partial charge in [-0.3, -0.25) is 14.9 Å². The van der Waals surface area contributed by atoms with Crippen molar-refractivity contribution in [1.82, 2.24) is 9.78 Å². The van der Waals surface area contributed by atoms with Crippen LogP contribution in [0.3, 0.4) is 0 Å². The number of aryl methyl sites for hydroxylation is 2. The molecule has 8 heteroatoms. The lowest BCUT2D eigenvalue weighted by atomic mass is 10.3. The van der Waals surface area contributed by atoms with E-state index in [1.807, 2.05) is 6.92 Å². The quantitative estimate of drug-likeness (QED) is 0.437. The predicted octanol–water partition coefficient (Wildman–Crippen LogP) is 1.12. The molecule has 0 atom stereocenters. The number of rotatable bonds is 6. The number of carbonyl (C=O) groups excluding carboxylic acids is 1. The molecule has 1 aromatic heterocycles. The van der Waals surface area contributed by atoms with Gasteiger partial charge in [0.05, 0.1) is 11.5 Å². The van der Waals surface area contributed by atoms with E-state index in [1.165, 1.54) is 9.58 Å². The number of likely N-dealkylation sites (N-methyl/N-ethyl adjacent to an activating group) is 1. The largest absolute Gasteiger partial charge is 0.465 e. The van der Waals surface area contributed by atoms with Crippen LogP contribution >= 0.6 is 0 Å². The van der Waals surface area contributed by atoms with E-state index in [2.05, 4.69) is 5.10 Å². The fourth-order valence-electron chi connectivity index (χ4n) is 1.85. The van der Waals surface area contributed by atoms with Gasteiger partial charge in [-0.05, 0) is 20.8 Å². The van der Waals surface area contributed by atoms with Crippen LogP contribution in [0.25, 0.3) is 0 Å². The average Bonchev–Trinajstić information content (AvgIpc) is 2.66. The van der Waals surface area contributed by atoms with E-state index in [-0.39, 0.29) is 18.8 Å². The summed E-state index contributed by atoms with van der Waals surface area (Å²) in [7, 11) is 1.60. The molecule has 0 amide bonds. The first-order chi connectivity index (χ1) is 8.92. The fraction of sp³-hybridized carbons (Fsp3) is 0.636. The van der Waals surface area contributed by atoms with Crippen LogP contribution in [0, 0.1) is 17.0 Å². The van der Waals surface area contributed by atoms with Gasteiger partial charge in [-0.1, -0.05) is 0 Å². The van der Waals surface area contributed by atoms with E-state index < -0.39 is 10.9 Å². The second kappa shape index (κ2) is 6.17. The molecule has 0 unspecified atom stereocenters. The Labute approximate surface area is 111 Å². The summed E-state index contributed by atoms with van der Waals surface area (Å²) < 4.78 is 6.34. The van der Waals surface area contributed by atoms with Crippen LogP contribution in [0.2, 0.25) is 0 Å². The maximum atomic E-state index is 11.5. The van der Waals surface area contributed by atoms with Gasteiger partial charge in [0.2, 0.25) is 5.82 Å². The first kappa shape index (κ1) is 14.9. The van der Waals surface area contributed by atoms with Crippen LogP contribution in [0.4, 0.5) is 11.5 Å². The lowest BCUT2D eigenvalue weighted by Gasteiger charge is -2.17. The van der Waals surface area contributed by atoms with Crippen LogP contribution in [0.15, 0.2) is 0 Å². The molecule has 106 valence electrons. The molecular formula is C11H18N4O4. The Hall–Kier alpha value is -2.12. The summed E-state index contributed by atoms with van der Waals surface area (Å²) in [6, 6.07) is 0. The zero-order chi connectivity index (χ0) is 14.6. The van der Waals surface area contributed by atoms with Gasteiger partial charge in [0, 0.05) is 13.6 Å². The van der Waals surface area contributed by atoms with Gasteiger partial charge < -0.3 is 9.64 Å². The van der Waals surface area contributed by atoms with Gasteiger partial charge in [0.25, 0.3) is 0 Å². The maximum Gasteiger partial charge on any atom is 0.333 e. The van der Waals surface area contributed by atoms with Gasteiger partial charge in [0.15, 0.2) is 0 Å². The molecule has 0 radical (unpaired) electrons. The minimum atomic E-state index is -0.481. The highest BCUT2D eigenvalue weighted by Gasteiger charge is 2.28. The molecule has 0 N–H and O–H groups in total. The highest BCUT2D eigenvalue weighted by atomic mass is 16.6. The zero-order valence-electron chi connectivity index (χ0n) is 11.5. The van der Waals surface area contributed by atoms with Crippen molar-refractivity contribution >= 4 is 17.5 Å². The van der Waals surface area contributed by atoms with Gasteiger partial charge in [-0.2, -0.15) is 5.10 Å². The molecule has 8 nitrogen and oxygen atoms in total. The van der Waals surface area contributed by atoms with Crippen LogP contribution in [0.5, 0.6) is 0 Å². The molecule has 0 aromatic carbocycles. The Morgan fingerprint density at radius 2 is 2.16 bits per heavy atom. The van der Waals surface area contributed by atoms with Crippen LogP contribution in [-0.4, -0.2) is 40.9 Å². The normalized spacial score (nSPS) is 10.3. The Morgan fingerprint density at radius 1 is 1.53 bits per heavy atom. The van der Waals surface area contributed by atoms with E-state index >= 15 is 0 Å². The van der Waals surface area contributed by atoms with Gasteiger partial charge in [-0.15, -0.1) is 0 Å². The maximum absolute atomic E-state index is 11.5. The number of ether oxygens (including phenoxy) is 1. The Morgan fingerprint density at radius 3 is 2.63 bits per heavy atom. The molecule has 0 aliphatic carbocycles. The standard InChI is InChI=1S/C11H18N4O4/c1-5-14-11(10(15(17)18)8(3)12-14)13(4)7-9(16)19-6-2/h5-7H2,1-4H3. The molecule has 0 spiro atoms. The van der Waals surface area contributed by atoms with Crippen molar-refractivity contribution in [2.75, 3.05) is 25.1 Å². The van der Waals surface area contributed by atoms with E-state index in [0.29, 0.717) is 18.1 Å². The van der Waals surface area contributed by atoms with E-state index in [0.717, 1.165) is 0 Å². The first-order valence-corrected chi connectivity index (χ1v) is 6.00. The highest BCUT2D eigenvalue weighted by molar-refractivity contribution is 5.77. The lowest BCUT2D eigenvalue weighted by molar-refractivity contribution is -0.384. The molecular weight excluding hydrogens is 252 g/mol. The minimum absolute atomic E-state index is 0.0557. The Balaban J connectivity index is 3.09. The number of anilines is 1. The van der Waals surface area contributed by atoms with Crippen molar-refractivity contribution in [3.05, 3.63) is 15.8 Å². The topological polar surface area (TPSA) is 90.5 Å². The monoisotopic (exact) mass is 270 g/mol. The van der Waals surface area contributed by atoms with E-state index in [9.17, 15) is 14.9 Å². The minimum Gasteiger partial charge on any atom is -0.465 e. The number of nitro groups is 1. The Bertz CT molecular complexity index is 483. The molecule has 0 aliphatic rings. The number of aromatic nitrogens is 2. The van der Waals surface area contributed by atoms with Crippen molar-refractivity contribution in [1.29, 1.82) is 0 Å². The molecule has 1 heterocycles. The second-order valence-electron chi connectivity index (χ2n) is 3.99. The van der Waals surface area contributed by atoms with Crippen molar-refractivity contribution in [2.45, 2.75) is 27.3 Å². The summed E-state index contributed by atoms with van der Waals surface area (Å²) in [4.78, 5) is 23.6. The summed E-state index contributed by atoms with van der Waals surface area (Å²) in [5.74, 6) is -0.112. The summed E-state index contributed by atoms with van der Waals surface area (Å²) >= 11 is 0. The molecule has 19 heavy (non-hydrogen) atoms. The summed E-state index contributed by atoms with van der Waals surface area (Å²) in [5, 5.41) is 15.2. The third kappa shape index (κ3) is 3.21. The predicted molar refractivity (Wildman–Crippen MR) is 69.2 cm³/mol. The molecule has 0 aliphatic heterocycles. The third-order valence-electron chi connectivity index (χ3n) is 2.58. The number of carbonyl (C=O) groups is 1. The molecule has 0 fully saturated rings. The van der Waals surface area contributed by atoms with Gasteiger partial charge >= 0.3 is 11.7 Å². The van der Waals surface area contributed by atoms with Crippen molar-refractivity contribution in [3.8, 4) is 0 Å². The summed E-state index contributed by atoms with van der Waals surface area (Å²) in [6.07, 6.45) is 0. The summed E-state index contributed by atoms with van der Waals surface area (Å²) in [6.45, 7) is 5.82.